The molecule has 1 N–H and O–H groups in total. The summed E-state index contributed by atoms with van der Waals surface area (Å²) in [6, 6.07) is 7.94. The average molecular weight is 334 g/mol. The van der Waals surface area contributed by atoms with Gasteiger partial charge in [-0.25, -0.2) is 4.39 Å². The molecule has 3 rings (SSSR count). The van der Waals surface area contributed by atoms with Gasteiger partial charge in [0.05, 0.1) is 19.3 Å². The molecule has 6 heteroatoms. The number of thiophene rings is 1. The molecular weight excluding hydrogens is 315 g/mol. The zero-order chi connectivity index (χ0) is 16.1. The van der Waals surface area contributed by atoms with Gasteiger partial charge in [0, 0.05) is 25.2 Å². The van der Waals surface area contributed by atoms with E-state index in [-0.39, 0.29) is 11.9 Å². The number of nitrogens with one attached hydrogen (secondary N) is 1. The van der Waals surface area contributed by atoms with Crippen molar-refractivity contribution in [2.75, 3.05) is 32.8 Å². The van der Waals surface area contributed by atoms with Gasteiger partial charge in [-0.2, -0.15) is 11.3 Å². The first-order valence-corrected chi connectivity index (χ1v) is 8.56. The number of carbonyl (C=O) groups is 1. The van der Waals surface area contributed by atoms with E-state index in [1.165, 1.54) is 17.7 Å². The van der Waals surface area contributed by atoms with Crippen LogP contribution in [-0.4, -0.2) is 43.7 Å². The first kappa shape index (κ1) is 16.1. The molecule has 1 aliphatic rings. The number of amides is 1. The zero-order valence-corrected chi connectivity index (χ0v) is 13.5. The molecule has 23 heavy (non-hydrogen) atoms. The van der Waals surface area contributed by atoms with Gasteiger partial charge < -0.3 is 10.1 Å². The van der Waals surface area contributed by atoms with Gasteiger partial charge in [-0.1, -0.05) is 6.07 Å². The van der Waals surface area contributed by atoms with E-state index in [0.717, 1.165) is 13.1 Å². The largest absolute Gasteiger partial charge is 0.379 e. The van der Waals surface area contributed by atoms with Crippen LogP contribution in [0.3, 0.4) is 0 Å². The van der Waals surface area contributed by atoms with E-state index in [4.69, 9.17) is 4.74 Å². The summed E-state index contributed by atoms with van der Waals surface area (Å²) in [5, 5.41) is 7.07. The van der Waals surface area contributed by atoms with Gasteiger partial charge in [0.1, 0.15) is 5.82 Å². The standard InChI is InChI=1S/C17H19FN2O2S/c18-15-3-1-2-13(10-15)17(21)19-11-16(14-4-9-23-12-14)20-5-7-22-8-6-20/h1-4,9-10,12,16H,5-8,11H2,(H,19,21). The van der Waals surface area contributed by atoms with Crippen LogP contribution in [0.4, 0.5) is 4.39 Å². The van der Waals surface area contributed by atoms with Crippen molar-refractivity contribution in [2.24, 2.45) is 0 Å². The van der Waals surface area contributed by atoms with E-state index in [0.29, 0.717) is 25.3 Å². The number of hydrogen-bond acceptors (Lipinski definition) is 4. The van der Waals surface area contributed by atoms with Crippen LogP contribution in [0.2, 0.25) is 0 Å². The second-order valence-corrected chi connectivity index (χ2v) is 6.22. The highest BCUT2D eigenvalue weighted by Crippen LogP contribution is 2.23. The Hall–Kier alpha value is -1.76. The van der Waals surface area contributed by atoms with E-state index >= 15 is 0 Å². The van der Waals surface area contributed by atoms with Gasteiger partial charge in [0.2, 0.25) is 0 Å². The van der Waals surface area contributed by atoms with Crippen LogP contribution < -0.4 is 5.32 Å². The van der Waals surface area contributed by atoms with Crippen LogP contribution >= 0.6 is 11.3 Å². The van der Waals surface area contributed by atoms with Crippen LogP contribution in [0.5, 0.6) is 0 Å². The minimum atomic E-state index is -0.403. The predicted molar refractivity (Wildman–Crippen MR) is 88.2 cm³/mol. The third-order valence-electron chi connectivity index (χ3n) is 3.96. The van der Waals surface area contributed by atoms with Crippen LogP contribution in [0.15, 0.2) is 41.1 Å². The molecule has 1 aromatic carbocycles. The summed E-state index contributed by atoms with van der Waals surface area (Å²) in [6.07, 6.45) is 0. The second-order valence-electron chi connectivity index (χ2n) is 5.44. The second kappa shape index (κ2) is 7.68. The maximum absolute atomic E-state index is 13.2. The molecule has 1 aliphatic heterocycles. The van der Waals surface area contributed by atoms with Crippen molar-refractivity contribution in [3.63, 3.8) is 0 Å². The summed E-state index contributed by atoms with van der Waals surface area (Å²) < 4.78 is 18.6. The van der Waals surface area contributed by atoms with E-state index < -0.39 is 5.82 Å². The lowest BCUT2D eigenvalue weighted by atomic mass is 10.1. The number of morpholine rings is 1. The summed E-state index contributed by atoms with van der Waals surface area (Å²) in [5.41, 5.74) is 1.53. The summed E-state index contributed by atoms with van der Waals surface area (Å²) in [7, 11) is 0. The fraction of sp³-hybridized carbons (Fsp3) is 0.353. The highest BCUT2D eigenvalue weighted by atomic mass is 32.1. The average Bonchev–Trinajstić information content (AvgIpc) is 3.10. The van der Waals surface area contributed by atoms with Crippen molar-refractivity contribution in [1.82, 2.24) is 10.2 Å². The highest BCUT2D eigenvalue weighted by molar-refractivity contribution is 7.07. The predicted octanol–water partition coefficient (Wildman–Crippen LogP) is 2.69. The fourth-order valence-electron chi connectivity index (χ4n) is 2.73. The molecule has 1 saturated heterocycles. The molecule has 1 unspecified atom stereocenters. The molecule has 1 amide bonds. The van der Waals surface area contributed by atoms with Gasteiger partial charge in [-0.05, 0) is 40.6 Å². The van der Waals surface area contributed by atoms with Crippen molar-refractivity contribution < 1.29 is 13.9 Å². The Morgan fingerprint density at radius 3 is 2.87 bits per heavy atom. The molecule has 1 fully saturated rings. The number of rotatable bonds is 5. The van der Waals surface area contributed by atoms with E-state index in [1.54, 1.807) is 23.5 Å². The monoisotopic (exact) mass is 334 g/mol. The summed E-state index contributed by atoms with van der Waals surface area (Å²) in [5.74, 6) is -0.654. The molecule has 0 bridgehead atoms. The van der Waals surface area contributed by atoms with E-state index in [2.05, 4.69) is 21.7 Å². The molecule has 1 atom stereocenters. The summed E-state index contributed by atoms with van der Waals surface area (Å²) in [4.78, 5) is 14.6. The maximum atomic E-state index is 13.2. The molecule has 122 valence electrons. The fourth-order valence-corrected chi connectivity index (χ4v) is 3.44. The number of nitrogens with zero attached hydrogens (tertiary/aromatic N) is 1. The minimum Gasteiger partial charge on any atom is -0.379 e. The van der Waals surface area contributed by atoms with Gasteiger partial charge in [0.15, 0.2) is 0 Å². The number of ether oxygens (including phenoxy) is 1. The van der Waals surface area contributed by atoms with Crippen LogP contribution in [0.25, 0.3) is 0 Å². The SMILES string of the molecule is O=C(NCC(c1ccsc1)N1CCOCC1)c1cccc(F)c1. The Labute approximate surface area is 138 Å². The lowest BCUT2D eigenvalue weighted by molar-refractivity contribution is 0.0163. The molecule has 0 aliphatic carbocycles. The van der Waals surface area contributed by atoms with Gasteiger partial charge in [-0.3, -0.25) is 9.69 Å². The quantitative estimate of drug-likeness (QED) is 0.914. The maximum Gasteiger partial charge on any atom is 0.251 e. The lowest BCUT2D eigenvalue weighted by Crippen LogP contribution is -2.43. The van der Waals surface area contributed by atoms with E-state index in [1.807, 2.05) is 5.38 Å². The number of halogens is 1. The minimum absolute atomic E-state index is 0.114. The van der Waals surface area contributed by atoms with Gasteiger partial charge in [0.25, 0.3) is 5.91 Å². The first-order chi connectivity index (χ1) is 11.2. The Balaban J connectivity index is 1.67. The molecule has 2 heterocycles. The van der Waals surface area contributed by atoms with E-state index in [9.17, 15) is 9.18 Å². The number of benzene rings is 1. The Morgan fingerprint density at radius 2 is 2.17 bits per heavy atom. The number of hydrogen-bond donors (Lipinski definition) is 1. The molecule has 0 spiro atoms. The third-order valence-corrected chi connectivity index (χ3v) is 4.66. The van der Waals surface area contributed by atoms with Crippen molar-refractivity contribution in [2.45, 2.75) is 6.04 Å². The Bertz CT molecular complexity index is 642. The molecule has 4 nitrogen and oxygen atoms in total. The van der Waals surface area contributed by atoms with Gasteiger partial charge >= 0.3 is 0 Å². The topological polar surface area (TPSA) is 41.6 Å². The zero-order valence-electron chi connectivity index (χ0n) is 12.7. The van der Waals surface area contributed by atoms with Gasteiger partial charge in [-0.15, -0.1) is 0 Å². The molecule has 0 saturated carbocycles. The van der Waals surface area contributed by atoms with Crippen molar-refractivity contribution in [3.8, 4) is 0 Å². The molecule has 2 aromatic rings. The van der Waals surface area contributed by atoms with Crippen molar-refractivity contribution in [1.29, 1.82) is 0 Å². The lowest BCUT2D eigenvalue weighted by Gasteiger charge is -2.34. The molecular formula is C17H19FN2O2S. The van der Waals surface area contributed by atoms with Crippen LogP contribution in [0.1, 0.15) is 22.0 Å². The first-order valence-electron chi connectivity index (χ1n) is 7.62. The highest BCUT2D eigenvalue weighted by Gasteiger charge is 2.23. The third kappa shape index (κ3) is 4.16. The van der Waals surface area contributed by atoms with Crippen LogP contribution in [-0.2, 0) is 4.74 Å². The normalized spacial score (nSPS) is 16.9. The Morgan fingerprint density at radius 1 is 1.35 bits per heavy atom. The molecule has 1 aromatic heterocycles. The van der Waals surface area contributed by atoms with Crippen LogP contribution in [0, 0.1) is 5.82 Å². The summed E-state index contributed by atoms with van der Waals surface area (Å²) in [6.45, 7) is 3.59. The smallest absolute Gasteiger partial charge is 0.251 e. The van der Waals surface area contributed by atoms with Crippen molar-refractivity contribution >= 4 is 17.2 Å². The summed E-state index contributed by atoms with van der Waals surface area (Å²) >= 11 is 1.64. The number of carbonyl (C=O) groups excluding carboxylic acids is 1. The molecule has 0 radical (unpaired) electrons. The Kier molecular flexibility index (Phi) is 5.38. The van der Waals surface area contributed by atoms with Crippen molar-refractivity contribution in [3.05, 3.63) is 58.0 Å².